The van der Waals surface area contributed by atoms with E-state index < -0.39 is 0 Å². The number of pyridine rings is 1. The molecule has 0 aliphatic heterocycles. The number of benzene rings is 1. The Bertz CT molecular complexity index is 725. The third-order valence-corrected chi connectivity index (χ3v) is 2.92. The average molecular weight is 256 g/mol. The van der Waals surface area contributed by atoms with E-state index in [9.17, 15) is 0 Å². The highest BCUT2D eigenvalue weighted by Crippen LogP contribution is 2.21. The smallest absolute Gasteiger partial charge is 0.160 e. The van der Waals surface area contributed by atoms with Gasteiger partial charge in [-0.05, 0) is 37.3 Å². The number of rotatable bonds is 1. The number of fused-ring (bicyclic) bond motifs is 1. The van der Waals surface area contributed by atoms with Crippen LogP contribution in [0.5, 0.6) is 0 Å². The summed E-state index contributed by atoms with van der Waals surface area (Å²) in [6.45, 7) is 1.98. The maximum absolute atomic E-state index is 5.87. The van der Waals surface area contributed by atoms with Gasteiger partial charge in [0.1, 0.15) is 5.15 Å². The van der Waals surface area contributed by atoms with Crippen LogP contribution in [-0.4, -0.2) is 15.0 Å². The van der Waals surface area contributed by atoms with Gasteiger partial charge < -0.3 is 0 Å². The average Bonchev–Trinajstić information content (AvgIpc) is 2.38. The molecule has 0 fully saturated rings. The van der Waals surface area contributed by atoms with Crippen molar-refractivity contribution in [2.75, 3.05) is 0 Å². The second-order valence-corrected chi connectivity index (χ2v) is 4.45. The van der Waals surface area contributed by atoms with Gasteiger partial charge in [0.2, 0.25) is 0 Å². The van der Waals surface area contributed by atoms with Gasteiger partial charge in [0.25, 0.3) is 0 Å². The molecule has 1 aromatic carbocycles. The molecule has 0 bridgehead atoms. The lowest BCUT2D eigenvalue weighted by molar-refractivity contribution is 1.18. The summed E-state index contributed by atoms with van der Waals surface area (Å²) < 4.78 is 0. The summed E-state index contributed by atoms with van der Waals surface area (Å²) >= 11 is 5.87. The van der Waals surface area contributed by atoms with Crippen LogP contribution in [0.4, 0.5) is 0 Å². The van der Waals surface area contributed by atoms with Crippen LogP contribution in [-0.2, 0) is 0 Å². The van der Waals surface area contributed by atoms with Gasteiger partial charge in [-0.15, -0.1) is 0 Å². The molecule has 4 heteroatoms. The highest BCUT2D eigenvalue weighted by atomic mass is 35.5. The molecule has 2 heterocycles. The van der Waals surface area contributed by atoms with Crippen molar-refractivity contribution in [1.29, 1.82) is 0 Å². The molecule has 0 unspecified atom stereocenters. The first-order valence-electron chi connectivity index (χ1n) is 5.59. The summed E-state index contributed by atoms with van der Waals surface area (Å²) in [6.07, 6.45) is 1.66. The topological polar surface area (TPSA) is 38.7 Å². The first kappa shape index (κ1) is 11.1. The van der Waals surface area contributed by atoms with Crippen LogP contribution in [0.2, 0.25) is 5.15 Å². The van der Waals surface area contributed by atoms with Crippen molar-refractivity contribution in [3.05, 3.63) is 53.4 Å². The van der Waals surface area contributed by atoms with Crippen molar-refractivity contribution in [3.63, 3.8) is 0 Å². The second-order valence-electron chi connectivity index (χ2n) is 4.06. The van der Waals surface area contributed by atoms with Gasteiger partial charge in [0, 0.05) is 22.8 Å². The summed E-state index contributed by atoms with van der Waals surface area (Å²) in [5, 5.41) is 1.52. The Morgan fingerprint density at radius 3 is 2.72 bits per heavy atom. The molecule has 2 aromatic heterocycles. The molecule has 0 spiro atoms. The van der Waals surface area contributed by atoms with Gasteiger partial charge in [0.05, 0.1) is 5.52 Å². The van der Waals surface area contributed by atoms with Crippen molar-refractivity contribution in [2.24, 2.45) is 0 Å². The second kappa shape index (κ2) is 4.35. The zero-order chi connectivity index (χ0) is 12.5. The fourth-order valence-corrected chi connectivity index (χ4v) is 1.98. The Balaban J connectivity index is 2.16. The molecule has 3 nitrogen and oxygen atoms in total. The normalized spacial score (nSPS) is 10.8. The molecule has 0 saturated heterocycles. The van der Waals surface area contributed by atoms with Crippen LogP contribution in [0.3, 0.4) is 0 Å². The first-order chi connectivity index (χ1) is 8.72. The Labute approximate surface area is 109 Å². The molecule has 0 saturated carbocycles. The molecular formula is C14H10ClN3. The van der Waals surface area contributed by atoms with Gasteiger partial charge in [-0.1, -0.05) is 17.7 Å². The Morgan fingerprint density at radius 1 is 1.00 bits per heavy atom. The minimum atomic E-state index is 0.446. The predicted molar refractivity (Wildman–Crippen MR) is 72.5 cm³/mol. The van der Waals surface area contributed by atoms with Crippen LogP contribution in [0, 0.1) is 6.92 Å². The molecule has 0 N–H and O–H groups in total. The Hall–Kier alpha value is -2.00. The molecule has 0 amide bonds. The number of aryl methyl sites for hydroxylation is 1. The Kier molecular flexibility index (Phi) is 2.68. The molecule has 0 aliphatic carbocycles. The largest absolute Gasteiger partial charge is 0.253 e. The fraction of sp³-hybridized carbons (Fsp3) is 0.0714. The lowest BCUT2D eigenvalue weighted by Gasteiger charge is -2.03. The summed E-state index contributed by atoms with van der Waals surface area (Å²) in [5.41, 5.74) is 2.92. The third-order valence-electron chi connectivity index (χ3n) is 2.71. The monoisotopic (exact) mass is 255 g/mol. The third kappa shape index (κ3) is 2.05. The minimum Gasteiger partial charge on any atom is -0.253 e. The summed E-state index contributed by atoms with van der Waals surface area (Å²) in [7, 11) is 0. The van der Waals surface area contributed by atoms with E-state index in [-0.39, 0.29) is 0 Å². The quantitative estimate of drug-likeness (QED) is 0.623. The van der Waals surface area contributed by atoms with Crippen LogP contribution in [0.25, 0.3) is 22.3 Å². The Morgan fingerprint density at radius 2 is 1.89 bits per heavy atom. The van der Waals surface area contributed by atoms with E-state index in [1.54, 1.807) is 12.3 Å². The molecule has 18 heavy (non-hydrogen) atoms. The van der Waals surface area contributed by atoms with Crippen LogP contribution < -0.4 is 0 Å². The van der Waals surface area contributed by atoms with E-state index >= 15 is 0 Å². The van der Waals surface area contributed by atoms with Crippen LogP contribution in [0.1, 0.15) is 5.69 Å². The molecule has 3 aromatic rings. The molecule has 3 rings (SSSR count). The molecular weight excluding hydrogens is 246 g/mol. The zero-order valence-corrected chi connectivity index (χ0v) is 10.5. The summed E-state index contributed by atoms with van der Waals surface area (Å²) in [6, 6.07) is 11.7. The first-order valence-corrected chi connectivity index (χ1v) is 5.96. The maximum atomic E-state index is 5.87. The number of aromatic nitrogens is 3. The van der Waals surface area contributed by atoms with Gasteiger partial charge in [-0.25, -0.2) is 9.97 Å². The molecule has 88 valence electrons. The van der Waals surface area contributed by atoms with Gasteiger partial charge in [-0.3, -0.25) is 4.98 Å². The van der Waals surface area contributed by atoms with E-state index in [4.69, 9.17) is 11.6 Å². The van der Waals surface area contributed by atoms with E-state index in [1.807, 2.05) is 37.3 Å². The number of halogens is 1. The fourth-order valence-electron chi connectivity index (χ4n) is 1.84. The van der Waals surface area contributed by atoms with Gasteiger partial charge in [0.15, 0.2) is 5.82 Å². The van der Waals surface area contributed by atoms with Crippen LogP contribution in [0.15, 0.2) is 42.6 Å². The number of nitrogens with zero attached hydrogens (tertiary/aromatic N) is 3. The summed E-state index contributed by atoms with van der Waals surface area (Å²) in [4.78, 5) is 12.9. The van der Waals surface area contributed by atoms with Crippen LogP contribution >= 0.6 is 11.6 Å². The summed E-state index contributed by atoms with van der Waals surface area (Å²) in [5.74, 6) is 0.630. The molecule has 0 aliphatic rings. The lowest BCUT2D eigenvalue weighted by Crippen LogP contribution is -1.89. The molecule has 0 atom stereocenters. The number of hydrogen-bond donors (Lipinski definition) is 0. The van der Waals surface area contributed by atoms with Crippen molar-refractivity contribution in [3.8, 4) is 11.4 Å². The SMILES string of the molecule is Cc1ccc2cc(-c3nccc(Cl)n3)ccc2n1. The van der Waals surface area contributed by atoms with Gasteiger partial charge >= 0.3 is 0 Å². The van der Waals surface area contributed by atoms with Crippen molar-refractivity contribution < 1.29 is 0 Å². The van der Waals surface area contributed by atoms with E-state index in [1.165, 1.54) is 0 Å². The lowest BCUT2D eigenvalue weighted by atomic mass is 10.1. The van der Waals surface area contributed by atoms with E-state index in [0.29, 0.717) is 11.0 Å². The van der Waals surface area contributed by atoms with Crippen molar-refractivity contribution >= 4 is 22.5 Å². The van der Waals surface area contributed by atoms with E-state index in [0.717, 1.165) is 22.2 Å². The van der Waals surface area contributed by atoms with Crippen molar-refractivity contribution in [1.82, 2.24) is 15.0 Å². The van der Waals surface area contributed by atoms with Gasteiger partial charge in [-0.2, -0.15) is 0 Å². The molecule has 0 radical (unpaired) electrons. The maximum Gasteiger partial charge on any atom is 0.160 e. The van der Waals surface area contributed by atoms with Crippen molar-refractivity contribution in [2.45, 2.75) is 6.92 Å². The predicted octanol–water partition coefficient (Wildman–Crippen LogP) is 3.65. The standard InChI is InChI=1S/C14H10ClN3/c1-9-2-3-10-8-11(4-5-12(10)17-9)14-16-7-6-13(15)18-14/h2-8H,1H3. The highest BCUT2D eigenvalue weighted by molar-refractivity contribution is 6.29. The highest BCUT2D eigenvalue weighted by Gasteiger charge is 2.04. The van der Waals surface area contributed by atoms with E-state index in [2.05, 4.69) is 15.0 Å². The number of hydrogen-bond acceptors (Lipinski definition) is 3. The zero-order valence-electron chi connectivity index (χ0n) is 9.76. The minimum absolute atomic E-state index is 0.446.